The summed E-state index contributed by atoms with van der Waals surface area (Å²) in [6, 6.07) is 24.6. The molecule has 180 valence electrons. The number of amides is 1. The summed E-state index contributed by atoms with van der Waals surface area (Å²) >= 11 is 7.29. The molecule has 0 fully saturated rings. The van der Waals surface area contributed by atoms with Crippen LogP contribution in [0.15, 0.2) is 84.6 Å². The number of carbonyl (C=O) groups is 1. The van der Waals surface area contributed by atoms with Crippen molar-refractivity contribution in [3.63, 3.8) is 0 Å². The van der Waals surface area contributed by atoms with Crippen LogP contribution in [0, 0.1) is 11.3 Å². The van der Waals surface area contributed by atoms with E-state index in [4.69, 9.17) is 21.1 Å². The Kier molecular flexibility index (Phi) is 8.35. The van der Waals surface area contributed by atoms with Crippen LogP contribution in [0.2, 0.25) is 5.02 Å². The molecule has 1 aromatic heterocycles. The van der Waals surface area contributed by atoms with Gasteiger partial charge >= 0.3 is 0 Å². The number of nitriles is 1. The molecule has 0 saturated carbocycles. The Hall–Kier alpha value is -4.12. The van der Waals surface area contributed by atoms with Gasteiger partial charge in [-0.15, -0.1) is 11.3 Å². The summed E-state index contributed by atoms with van der Waals surface area (Å²) in [5.74, 6) is 0.537. The van der Waals surface area contributed by atoms with Crippen molar-refractivity contribution in [3.8, 4) is 17.6 Å². The summed E-state index contributed by atoms with van der Waals surface area (Å²) in [7, 11) is 1.54. The van der Waals surface area contributed by atoms with Gasteiger partial charge in [0.05, 0.1) is 7.11 Å². The monoisotopic (exact) mass is 515 g/mol. The Morgan fingerprint density at radius 2 is 1.86 bits per heavy atom. The first-order chi connectivity index (χ1) is 17.5. The Bertz CT molecular complexity index is 1410. The van der Waals surface area contributed by atoms with Crippen molar-refractivity contribution in [2.45, 2.75) is 13.0 Å². The number of anilines is 1. The fraction of sp³-hybridized carbons (Fsp3) is 0.107. The zero-order valence-electron chi connectivity index (χ0n) is 19.4. The van der Waals surface area contributed by atoms with E-state index in [2.05, 4.69) is 10.3 Å². The van der Waals surface area contributed by atoms with Crippen molar-refractivity contribution in [1.29, 1.82) is 5.26 Å². The number of ether oxygens (including phenoxy) is 2. The molecule has 3 aromatic carbocycles. The van der Waals surface area contributed by atoms with Crippen LogP contribution < -0.4 is 14.8 Å². The molecule has 0 aliphatic heterocycles. The summed E-state index contributed by atoms with van der Waals surface area (Å²) in [5, 5.41) is 13.4. The third kappa shape index (κ3) is 6.72. The van der Waals surface area contributed by atoms with Gasteiger partial charge in [0.25, 0.3) is 5.91 Å². The summed E-state index contributed by atoms with van der Waals surface area (Å²) in [6.45, 7) is 0.395. The molecule has 0 saturated heterocycles. The minimum atomic E-state index is -0.534. The van der Waals surface area contributed by atoms with Gasteiger partial charge in [0.2, 0.25) is 0 Å². The van der Waals surface area contributed by atoms with E-state index in [0.717, 1.165) is 16.0 Å². The molecule has 4 aromatic rings. The largest absolute Gasteiger partial charge is 0.493 e. The standard InChI is InChI=1S/C28H22ClN3O3S/c1-34-26-15-21(9-12-25(26)35-18-20-5-3-2-4-6-20)13-22(16-30)27(33)32-28-31-17-24(36-28)14-19-7-10-23(29)11-8-19/h2-13,15,17H,14,18H2,1H3,(H,31,32,33). The van der Waals surface area contributed by atoms with E-state index >= 15 is 0 Å². The fourth-order valence-corrected chi connectivity index (χ4v) is 4.33. The van der Waals surface area contributed by atoms with Gasteiger partial charge in [0.15, 0.2) is 16.6 Å². The lowest BCUT2D eigenvalue weighted by molar-refractivity contribution is -0.112. The van der Waals surface area contributed by atoms with Crippen LogP contribution in [0.25, 0.3) is 6.08 Å². The summed E-state index contributed by atoms with van der Waals surface area (Å²) in [4.78, 5) is 18.0. The molecule has 0 atom stereocenters. The second kappa shape index (κ2) is 12.0. The predicted octanol–water partition coefficient (Wildman–Crippen LogP) is 6.52. The molecule has 36 heavy (non-hydrogen) atoms. The number of carbonyl (C=O) groups excluding carboxylic acids is 1. The quantitative estimate of drug-likeness (QED) is 0.202. The summed E-state index contributed by atoms with van der Waals surface area (Å²) in [6.07, 6.45) is 3.88. The first-order valence-electron chi connectivity index (χ1n) is 11.0. The fourth-order valence-electron chi connectivity index (χ4n) is 3.36. The van der Waals surface area contributed by atoms with Crippen LogP contribution in [0.4, 0.5) is 5.13 Å². The highest BCUT2D eigenvalue weighted by atomic mass is 35.5. The van der Waals surface area contributed by atoms with Gasteiger partial charge in [0, 0.05) is 22.5 Å². The van der Waals surface area contributed by atoms with Gasteiger partial charge in [-0.3, -0.25) is 10.1 Å². The lowest BCUT2D eigenvalue weighted by Crippen LogP contribution is -2.13. The molecule has 8 heteroatoms. The number of hydrogen-bond donors (Lipinski definition) is 1. The van der Waals surface area contributed by atoms with E-state index in [-0.39, 0.29) is 5.57 Å². The molecule has 1 N–H and O–H groups in total. The van der Waals surface area contributed by atoms with Crippen LogP contribution in [0.1, 0.15) is 21.6 Å². The molecule has 0 spiro atoms. The van der Waals surface area contributed by atoms with Crippen LogP contribution in [0.5, 0.6) is 11.5 Å². The number of nitrogens with one attached hydrogen (secondary N) is 1. The lowest BCUT2D eigenvalue weighted by atomic mass is 10.1. The maximum absolute atomic E-state index is 12.7. The molecule has 0 unspecified atom stereocenters. The third-order valence-corrected chi connectivity index (χ3v) is 6.33. The number of thiazole rings is 1. The van der Waals surface area contributed by atoms with Crippen molar-refractivity contribution in [3.05, 3.63) is 111 Å². The van der Waals surface area contributed by atoms with Crippen molar-refractivity contribution in [2.24, 2.45) is 0 Å². The molecule has 4 rings (SSSR count). The maximum Gasteiger partial charge on any atom is 0.268 e. The lowest BCUT2D eigenvalue weighted by Gasteiger charge is -2.11. The number of aromatic nitrogens is 1. The number of methoxy groups -OCH3 is 1. The molecule has 0 aliphatic rings. The van der Waals surface area contributed by atoms with Gasteiger partial charge in [-0.25, -0.2) is 4.98 Å². The second-order valence-electron chi connectivity index (χ2n) is 7.74. The smallest absolute Gasteiger partial charge is 0.268 e. The number of nitrogens with zero attached hydrogens (tertiary/aromatic N) is 2. The van der Waals surface area contributed by atoms with Gasteiger partial charge < -0.3 is 9.47 Å². The molecular weight excluding hydrogens is 494 g/mol. The van der Waals surface area contributed by atoms with Crippen molar-refractivity contribution < 1.29 is 14.3 Å². The minimum absolute atomic E-state index is 0.0514. The Morgan fingerprint density at radius 3 is 2.58 bits per heavy atom. The third-order valence-electron chi connectivity index (χ3n) is 5.17. The second-order valence-corrected chi connectivity index (χ2v) is 9.30. The Balaban J connectivity index is 1.42. The highest BCUT2D eigenvalue weighted by Crippen LogP contribution is 2.30. The zero-order chi connectivity index (χ0) is 25.3. The molecule has 6 nitrogen and oxygen atoms in total. The van der Waals surface area contributed by atoms with E-state index in [0.29, 0.717) is 40.2 Å². The van der Waals surface area contributed by atoms with Crippen molar-refractivity contribution >= 4 is 40.1 Å². The molecule has 1 amide bonds. The first-order valence-corrected chi connectivity index (χ1v) is 12.2. The van der Waals surface area contributed by atoms with Crippen LogP contribution in [-0.2, 0) is 17.8 Å². The summed E-state index contributed by atoms with van der Waals surface area (Å²) in [5.41, 5.74) is 2.70. The number of hydrogen-bond acceptors (Lipinski definition) is 6. The molecule has 0 radical (unpaired) electrons. The number of rotatable bonds is 9. The van der Waals surface area contributed by atoms with Crippen LogP contribution in [0.3, 0.4) is 0 Å². The Labute approximate surface area is 218 Å². The van der Waals surface area contributed by atoms with E-state index in [1.807, 2.05) is 60.7 Å². The van der Waals surface area contributed by atoms with Crippen LogP contribution in [-0.4, -0.2) is 18.0 Å². The zero-order valence-corrected chi connectivity index (χ0v) is 21.0. The van der Waals surface area contributed by atoms with E-state index in [1.165, 1.54) is 17.4 Å². The predicted molar refractivity (Wildman–Crippen MR) is 142 cm³/mol. The normalized spacial score (nSPS) is 11.0. The summed E-state index contributed by atoms with van der Waals surface area (Å²) < 4.78 is 11.3. The number of benzene rings is 3. The number of halogens is 1. The molecule has 0 aliphatic carbocycles. The van der Waals surface area contributed by atoms with Gasteiger partial charge in [0.1, 0.15) is 18.2 Å². The van der Waals surface area contributed by atoms with E-state index < -0.39 is 5.91 Å². The average molecular weight is 516 g/mol. The van der Waals surface area contributed by atoms with Crippen LogP contribution >= 0.6 is 22.9 Å². The van der Waals surface area contributed by atoms with Gasteiger partial charge in [-0.2, -0.15) is 5.26 Å². The minimum Gasteiger partial charge on any atom is -0.493 e. The maximum atomic E-state index is 12.7. The van der Waals surface area contributed by atoms with E-state index in [9.17, 15) is 10.1 Å². The molecule has 0 bridgehead atoms. The molecule has 1 heterocycles. The topological polar surface area (TPSA) is 84.2 Å². The highest BCUT2D eigenvalue weighted by molar-refractivity contribution is 7.15. The Morgan fingerprint density at radius 1 is 1.08 bits per heavy atom. The van der Waals surface area contributed by atoms with E-state index in [1.54, 1.807) is 31.5 Å². The highest BCUT2D eigenvalue weighted by Gasteiger charge is 2.13. The average Bonchev–Trinajstić information content (AvgIpc) is 3.34. The van der Waals surface area contributed by atoms with Crippen molar-refractivity contribution in [1.82, 2.24) is 4.98 Å². The molecular formula is C28H22ClN3O3S. The SMILES string of the molecule is COc1cc(C=C(C#N)C(=O)Nc2ncc(Cc3ccc(Cl)cc3)s2)ccc1OCc1ccccc1. The van der Waals surface area contributed by atoms with Gasteiger partial charge in [-0.05, 0) is 47.0 Å². The van der Waals surface area contributed by atoms with Gasteiger partial charge in [-0.1, -0.05) is 60.1 Å². The first kappa shape index (κ1) is 25.0. The van der Waals surface area contributed by atoms with Crippen molar-refractivity contribution in [2.75, 3.05) is 12.4 Å².